The van der Waals surface area contributed by atoms with E-state index in [0.717, 1.165) is 24.1 Å². The van der Waals surface area contributed by atoms with Crippen LogP contribution in [0.4, 0.5) is 5.13 Å². The highest BCUT2D eigenvalue weighted by Crippen LogP contribution is 2.25. The molecule has 1 amide bonds. The van der Waals surface area contributed by atoms with Crippen molar-refractivity contribution in [1.29, 1.82) is 0 Å². The molecule has 0 fully saturated rings. The molecule has 1 N–H and O–H groups in total. The van der Waals surface area contributed by atoms with Crippen LogP contribution in [0.15, 0.2) is 29.6 Å². The molecule has 1 heterocycles. The first-order chi connectivity index (χ1) is 12.2. The number of anilines is 1. The van der Waals surface area contributed by atoms with Gasteiger partial charge in [-0.25, -0.2) is 4.98 Å². The Morgan fingerprint density at radius 2 is 1.64 bits per heavy atom. The third-order valence-corrected chi connectivity index (χ3v) is 5.11. The maximum atomic E-state index is 12.0. The van der Waals surface area contributed by atoms with Gasteiger partial charge in [-0.2, -0.15) is 0 Å². The van der Waals surface area contributed by atoms with Crippen LogP contribution < -0.4 is 5.32 Å². The van der Waals surface area contributed by atoms with E-state index < -0.39 is 0 Å². The standard InChI is InChI=1S/C21H30N2OS/c1-3-4-5-6-7-8-9-10-11-20(24)23-21-22-19(16-25-21)18-14-12-17(2)13-15-18/h12-16H,3-11H2,1-2H3,(H,22,23,24). The predicted molar refractivity (Wildman–Crippen MR) is 108 cm³/mol. The molecule has 1 aromatic heterocycles. The molecule has 1 aromatic carbocycles. The van der Waals surface area contributed by atoms with Gasteiger partial charge < -0.3 is 5.32 Å². The number of aryl methyl sites for hydroxylation is 1. The van der Waals surface area contributed by atoms with E-state index in [1.807, 2.05) is 5.38 Å². The predicted octanol–water partition coefficient (Wildman–Crippen LogP) is 6.59. The minimum atomic E-state index is 0.0794. The molecule has 0 aliphatic heterocycles. The summed E-state index contributed by atoms with van der Waals surface area (Å²) in [6, 6.07) is 8.29. The molecule has 3 nitrogen and oxygen atoms in total. The van der Waals surface area contributed by atoms with Gasteiger partial charge >= 0.3 is 0 Å². The smallest absolute Gasteiger partial charge is 0.226 e. The molecule has 2 aromatic rings. The second-order valence-corrected chi connectivity index (χ2v) is 7.54. The Bertz CT molecular complexity index is 634. The zero-order chi connectivity index (χ0) is 17.9. The van der Waals surface area contributed by atoms with E-state index >= 15 is 0 Å². The summed E-state index contributed by atoms with van der Waals surface area (Å²) in [6.45, 7) is 4.31. The molecule has 2 rings (SSSR count). The number of nitrogens with zero attached hydrogens (tertiary/aromatic N) is 1. The fourth-order valence-corrected chi connectivity index (χ4v) is 3.53. The lowest BCUT2D eigenvalue weighted by Gasteiger charge is -2.03. The number of nitrogens with one attached hydrogen (secondary N) is 1. The number of unbranched alkanes of at least 4 members (excludes halogenated alkanes) is 7. The fraction of sp³-hybridized carbons (Fsp3) is 0.524. The molecule has 0 spiro atoms. The van der Waals surface area contributed by atoms with Gasteiger partial charge in [0, 0.05) is 17.4 Å². The first-order valence-corrected chi connectivity index (χ1v) is 10.4. The topological polar surface area (TPSA) is 42.0 Å². The molecule has 136 valence electrons. The highest BCUT2D eigenvalue weighted by molar-refractivity contribution is 7.14. The van der Waals surface area contributed by atoms with E-state index in [0.29, 0.717) is 11.6 Å². The van der Waals surface area contributed by atoms with Crippen molar-refractivity contribution in [3.8, 4) is 11.3 Å². The van der Waals surface area contributed by atoms with Crippen molar-refractivity contribution in [2.24, 2.45) is 0 Å². The summed E-state index contributed by atoms with van der Waals surface area (Å²) in [4.78, 5) is 16.6. The second kappa shape index (κ2) is 11.0. The van der Waals surface area contributed by atoms with Crippen molar-refractivity contribution in [3.05, 3.63) is 35.2 Å². The van der Waals surface area contributed by atoms with E-state index in [1.54, 1.807) is 0 Å². The van der Waals surface area contributed by atoms with Crippen LogP contribution in [0.25, 0.3) is 11.3 Å². The molecule has 0 aliphatic carbocycles. The summed E-state index contributed by atoms with van der Waals surface area (Å²) in [7, 11) is 0. The zero-order valence-electron chi connectivity index (χ0n) is 15.5. The van der Waals surface area contributed by atoms with Crippen LogP contribution in [0.5, 0.6) is 0 Å². The lowest BCUT2D eigenvalue weighted by atomic mass is 10.1. The van der Waals surface area contributed by atoms with Gasteiger partial charge in [0.25, 0.3) is 0 Å². The summed E-state index contributed by atoms with van der Waals surface area (Å²) < 4.78 is 0. The van der Waals surface area contributed by atoms with Crippen LogP contribution in [0.1, 0.15) is 70.3 Å². The second-order valence-electron chi connectivity index (χ2n) is 6.68. The lowest BCUT2D eigenvalue weighted by molar-refractivity contribution is -0.116. The number of amides is 1. The molecule has 25 heavy (non-hydrogen) atoms. The molecule has 0 aliphatic rings. The maximum Gasteiger partial charge on any atom is 0.226 e. The zero-order valence-corrected chi connectivity index (χ0v) is 16.3. The summed E-state index contributed by atoms with van der Waals surface area (Å²) in [6.07, 6.45) is 10.6. The minimum Gasteiger partial charge on any atom is -0.302 e. The van der Waals surface area contributed by atoms with E-state index in [4.69, 9.17) is 0 Å². The molecule has 4 heteroatoms. The highest BCUT2D eigenvalue weighted by Gasteiger charge is 2.08. The normalized spacial score (nSPS) is 10.8. The van der Waals surface area contributed by atoms with E-state index in [-0.39, 0.29) is 5.91 Å². The number of benzene rings is 1. The Hall–Kier alpha value is -1.68. The van der Waals surface area contributed by atoms with Gasteiger partial charge in [-0.3, -0.25) is 4.79 Å². The molecular weight excluding hydrogens is 328 g/mol. The van der Waals surface area contributed by atoms with Crippen molar-refractivity contribution in [3.63, 3.8) is 0 Å². The van der Waals surface area contributed by atoms with Crippen molar-refractivity contribution >= 4 is 22.4 Å². The molecule has 0 saturated heterocycles. The van der Waals surface area contributed by atoms with Gasteiger partial charge in [-0.05, 0) is 13.3 Å². The van der Waals surface area contributed by atoms with Crippen LogP contribution in [0.3, 0.4) is 0 Å². The monoisotopic (exact) mass is 358 g/mol. The highest BCUT2D eigenvalue weighted by atomic mass is 32.1. The van der Waals surface area contributed by atoms with Crippen molar-refractivity contribution in [2.75, 3.05) is 5.32 Å². The number of rotatable bonds is 11. The van der Waals surface area contributed by atoms with Crippen LogP contribution in [-0.4, -0.2) is 10.9 Å². The third-order valence-electron chi connectivity index (χ3n) is 4.36. The average Bonchev–Trinajstić information content (AvgIpc) is 3.06. The van der Waals surface area contributed by atoms with Crippen LogP contribution >= 0.6 is 11.3 Å². The average molecular weight is 359 g/mol. The Balaban J connectivity index is 1.65. The first kappa shape index (κ1) is 19.6. The molecule has 0 radical (unpaired) electrons. The maximum absolute atomic E-state index is 12.0. The molecule has 0 saturated carbocycles. The molecule has 0 unspecified atom stereocenters. The largest absolute Gasteiger partial charge is 0.302 e. The Morgan fingerprint density at radius 1 is 1.00 bits per heavy atom. The molecule has 0 atom stereocenters. The SMILES string of the molecule is CCCCCCCCCCC(=O)Nc1nc(-c2ccc(C)cc2)cs1. The first-order valence-electron chi connectivity index (χ1n) is 9.51. The number of carbonyl (C=O) groups excluding carboxylic acids is 1. The number of thiazole rings is 1. The van der Waals surface area contributed by atoms with Crippen LogP contribution in [0.2, 0.25) is 0 Å². The van der Waals surface area contributed by atoms with Crippen LogP contribution in [-0.2, 0) is 4.79 Å². The summed E-state index contributed by atoms with van der Waals surface area (Å²) in [5, 5.41) is 5.62. The number of aromatic nitrogens is 1. The van der Waals surface area contributed by atoms with Gasteiger partial charge in [0.15, 0.2) is 5.13 Å². The Kier molecular flexibility index (Phi) is 8.67. The van der Waals surface area contributed by atoms with Gasteiger partial charge in [-0.1, -0.05) is 81.7 Å². The fourth-order valence-electron chi connectivity index (χ4n) is 2.79. The van der Waals surface area contributed by atoms with Crippen molar-refractivity contribution < 1.29 is 4.79 Å². The molecule has 0 bridgehead atoms. The third kappa shape index (κ3) is 7.39. The minimum absolute atomic E-state index is 0.0794. The van der Waals surface area contributed by atoms with E-state index in [1.165, 1.54) is 55.4 Å². The summed E-state index contributed by atoms with van der Waals surface area (Å²) >= 11 is 1.49. The quantitative estimate of drug-likeness (QED) is 0.460. The van der Waals surface area contributed by atoms with E-state index in [2.05, 4.69) is 48.4 Å². The number of hydrogen-bond acceptors (Lipinski definition) is 3. The summed E-state index contributed by atoms with van der Waals surface area (Å²) in [5.41, 5.74) is 3.25. The number of carbonyl (C=O) groups is 1. The van der Waals surface area contributed by atoms with Gasteiger partial charge in [-0.15, -0.1) is 11.3 Å². The number of hydrogen-bond donors (Lipinski definition) is 1. The lowest BCUT2D eigenvalue weighted by Crippen LogP contribution is -2.10. The van der Waals surface area contributed by atoms with Crippen molar-refractivity contribution in [1.82, 2.24) is 4.98 Å². The van der Waals surface area contributed by atoms with Gasteiger partial charge in [0.05, 0.1) is 5.69 Å². The summed E-state index contributed by atoms with van der Waals surface area (Å²) in [5.74, 6) is 0.0794. The Morgan fingerprint density at radius 3 is 2.32 bits per heavy atom. The van der Waals surface area contributed by atoms with Gasteiger partial charge in [0.1, 0.15) is 0 Å². The van der Waals surface area contributed by atoms with Crippen molar-refractivity contribution in [2.45, 2.75) is 71.6 Å². The molecular formula is C21H30N2OS. The Labute approximate surface area is 155 Å². The van der Waals surface area contributed by atoms with Gasteiger partial charge in [0.2, 0.25) is 5.91 Å². The van der Waals surface area contributed by atoms with Crippen LogP contribution in [0, 0.1) is 6.92 Å². The van der Waals surface area contributed by atoms with E-state index in [9.17, 15) is 4.79 Å².